The van der Waals surface area contributed by atoms with E-state index < -0.39 is 29.8 Å². The maximum absolute atomic E-state index is 13.8. The Labute approximate surface area is 175 Å². The van der Waals surface area contributed by atoms with E-state index in [0.29, 0.717) is 5.56 Å². The fraction of sp³-hybridized carbons (Fsp3) is 0.348. The number of nitriles is 1. The van der Waals surface area contributed by atoms with Crippen LogP contribution in [0.5, 0.6) is 0 Å². The lowest BCUT2D eigenvalue weighted by molar-refractivity contribution is -0.125. The maximum Gasteiger partial charge on any atom is 0.253 e. The number of rotatable bonds is 6. The molecule has 0 aliphatic rings. The Morgan fingerprint density at radius 2 is 1.80 bits per heavy atom. The minimum absolute atomic E-state index is 0.0493. The highest BCUT2D eigenvalue weighted by atomic mass is 19.1. The fourth-order valence-corrected chi connectivity index (χ4v) is 2.91. The Kier molecular flexibility index (Phi) is 7.30. The van der Waals surface area contributed by atoms with Crippen molar-refractivity contribution in [2.24, 2.45) is 5.41 Å². The predicted octanol–water partition coefficient (Wildman–Crippen LogP) is 3.92. The molecule has 0 aromatic heterocycles. The smallest absolute Gasteiger partial charge is 0.253 e. The topological polar surface area (TPSA) is 102 Å². The molecule has 2 unspecified atom stereocenters. The largest absolute Gasteiger partial charge is 0.383 e. The molecule has 0 heterocycles. The average molecular weight is 411 g/mol. The SMILES string of the molecule is CC(NC(=O)c1cc(F)ccc1NC(=O)C(O)CC(C)(C)C)c1ccc(C#N)cc1. The molecule has 6 nitrogen and oxygen atoms in total. The predicted molar refractivity (Wildman–Crippen MR) is 112 cm³/mol. The number of benzene rings is 2. The molecule has 0 aliphatic carbocycles. The van der Waals surface area contributed by atoms with Crippen molar-refractivity contribution in [3.05, 3.63) is 65.0 Å². The second kappa shape index (κ2) is 9.51. The third kappa shape index (κ3) is 6.39. The summed E-state index contributed by atoms with van der Waals surface area (Å²) in [6.45, 7) is 7.43. The van der Waals surface area contributed by atoms with E-state index in [0.717, 1.165) is 17.7 Å². The summed E-state index contributed by atoms with van der Waals surface area (Å²) in [5.74, 6) is -1.86. The second-order valence-electron chi connectivity index (χ2n) is 8.39. The van der Waals surface area contributed by atoms with Gasteiger partial charge in [-0.1, -0.05) is 32.9 Å². The van der Waals surface area contributed by atoms with Gasteiger partial charge in [0.2, 0.25) is 0 Å². The van der Waals surface area contributed by atoms with Crippen LogP contribution < -0.4 is 10.6 Å². The summed E-state index contributed by atoms with van der Waals surface area (Å²) in [5.41, 5.74) is 1.06. The van der Waals surface area contributed by atoms with Gasteiger partial charge in [0, 0.05) is 0 Å². The van der Waals surface area contributed by atoms with E-state index in [-0.39, 0.29) is 23.1 Å². The van der Waals surface area contributed by atoms with Crippen LogP contribution in [-0.2, 0) is 4.79 Å². The average Bonchev–Trinajstić information content (AvgIpc) is 2.67. The summed E-state index contributed by atoms with van der Waals surface area (Å²) in [4.78, 5) is 25.1. The van der Waals surface area contributed by atoms with Gasteiger partial charge in [0.25, 0.3) is 11.8 Å². The monoisotopic (exact) mass is 411 g/mol. The lowest BCUT2D eigenvalue weighted by Gasteiger charge is -2.22. The summed E-state index contributed by atoms with van der Waals surface area (Å²) in [6.07, 6.45) is -1.03. The molecule has 7 heteroatoms. The van der Waals surface area contributed by atoms with Crippen LogP contribution in [0.2, 0.25) is 0 Å². The number of aliphatic hydroxyl groups excluding tert-OH is 1. The summed E-state index contributed by atoms with van der Waals surface area (Å²) in [6, 6.07) is 11.8. The van der Waals surface area contributed by atoms with Crippen molar-refractivity contribution in [2.45, 2.75) is 46.3 Å². The molecule has 0 saturated carbocycles. The van der Waals surface area contributed by atoms with Crippen LogP contribution in [0.15, 0.2) is 42.5 Å². The standard InChI is InChI=1S/C23H26FN3O3/c1-14(16-7-5-15(13-25)6-8-16)26-21(29)18-11-17(24)9-10-19(18)27-22(30)20(28)12-23(2,3)4/h5-11,14,20,28H,12H2,1-4H3,(H,26,29)(H,27,30). The van der Waals surface area contributed by atoms with Crippen molar-refractivity contribution >= 4 is 17.5 Å². The van der Waals surface area contributed by atoms with Gasteiger partial charge in [0.1, 0.15) is 11.9 Å². The quantitative estimate of drug-likeness (QED) is 0.670. The van der Waals surface area contributed by atoms with E-state index in [9.17, 15) is 19.1 Å². The second-order valence-corrected chi connectivity index (χ2v) is 8.39. The van der Waals surface area contributed by atoms with E-state index in [2.05, 4.69) is 10.6 Å². The summed E-state index contributed by atoms with van der Waals surface area (Å²) >= 11 is 0. The molecule has 2 aromatic carbocycles. The number of aliphatic hydroxyl groups is 1. The van der Waals surface area contributed by atoms with Gasteiger partial charge in [-0.2, -0.15) is 5.26 Å². The van der Waals surface area contributed by atoms with Gasteiger partial charge >= 0.3 is 0 Å². The lowest BCUT2D eigenvalue weighted by Crippen LogP contribution is -2.33. The molecule has 2 atom stereocenters. The molecule has 3 N–H and O–H groups in total. The van der Waals surface area contributed by atoms with Gasteiger partial charge in [-0.15, -0.1) is 0 Å². The van der Waals surface area contributed by atoms with E-state index in [1.165, 1.54) is 6.07 Å². The van der Waals surface area contributed by atoms with E-state index in [4.69, 9.17) is 5.26 Å². The minimum atomic E-state index is -1.26. The molecule has 0 radical (unpaired) electrons. The first kappa shape index (κ1) is 23.0. The molecule has 0 fully saturated rings. The van der Waals surface area contributed by atoms with E-state index in [1.54, 1.807) is 31.2 Å². The highest BCUT2D eigenvalue weighted by Crippen LogP contribution is 2.23. The van der Waals surface area contributed by atoms with Crippen LogP contribution >= 0.6 is 0 Å². The molecular weight excluding hydrogens is 385 g/mol. The number of hydrogen-bond donors (Lipinski definition) is 3. The number of halogens is 1. The Morgan fingerprint density at radius 1 is 1.17 bits per heavy atom. The zero-order chi connectivity index (χ0) is 22.5. The number of anilines is 1. The molecule has 0 saturated heterocycles. The van der Waals surface area contributed by atoms with Crippen molar-refractivity contribution in [1.29, 1.82) is 5.26 Å². The summed E-state index contributed by atoms with van der Waals surface area (Å²) < 4.78 is 13.8. The number of nitrogens with one attached hydrogen (secondary N) is 2. The van der Waals surface area contributed by atoms with Crippen molar-refractivity contribution < 1.29 is 19.1 Å². The van der Waals surface area contributed by atoms with Crippen molar-refractivity contribution in [3.63, 3.8) is 0 Å². The molecule has 2 aromatic rings. The normalized spacial score (nSPS) is 13.1. The Bertz CT molecular complexity index is 959. The van der Waals surface area contributed by atoms with E-state index >= 15 is 0 Å². The van der Waals surface area contributed by atoms with Crippen molar-refractivity contribution in [1.82, 2.24) is 5.32 Å². The molecule has 2 rings (SSSR count). The first-order valence-electron chi connectivity index (χ1n) is 9.59. The van der Waals surface area contributed by atoms with Crippen LogP contribution in [0, 0.1) is 22.6 Å². The minimum Gasteiger partial charge on any atom is -0.383 e. The first-order chi connectivity index (χ1) is 14.0. The van der Waals surface area contributed by atoms with Crippen LogP contribution in [0.4, 0.5) is 10.1 Å². The highest BCUT2D eigenvalue weighted by Gasteiger charge is 2.24. The third-order valence-electron chi connectivity index (χ3n) is 4.48. The molecule has 0 aliphatic heterocycles. The molecule has 2 amide bonds. The number of carbonyl (C=O) groups excluding carboxylic acids is 2. The van der Waals surface area contributed by atoms with Crippen LogP contribution in [-0.4, -0.2) is 23.0 Å². The van der Waals surface area contributed by atoms with Gasteiger partial charge in [-0.25, -0.2) is 4.39 Å². The molecule has 30 heavy (non-hydrogen) atoms. The van der Waals surface area contributed by atoms with Gasteiger partial charge in [0.15, 0.2) is 0 Å². The first-order valence-corrected chi connectivity index (χ1v) is 9.59. The van der Waals surface area contributed by atoms with E-state index in [1.807, 2.05) is 26.8 Å². The van der Waals surface area contributed by atoms with Crippen LogP contribution in [0.3, 0.4) is 0 Å². The zero-order valence-corrected chi connectivity index (χ0v) is 17.5. The molecule has 0 bridgehead atoms. The van der Waals surface area contributed by atoms with Gasteiger partial charge in [-0.05, 0) is 54.7 Å². The van der Waals surface area contributed by atoms with Gasteiger partial charge in [-0.3, -0.25) is 9.59 Å². The van der Waals surface area contributed by atoms with Gasteiger partial charge in [0.05, 0.1) is 28.9 Å². The Morgan fingerprint density at radius 3 is 2.37 bits per heavy atom. The number of nitrogens with zero attached hydrogens (tertiary/aromatic N) is 1. The fourth-order valence-electron chi connectivity index (χ4n) is 2.91. The Hall–Kier alpha value is -3.24. The van der Waals surface area contributed by atoms with Crippen LogP contribution in [0.25, 0.3) is 0 Å². The number of carbonyl (C=O) groups is 2. The molecule has 0 spiro atoms. The molecular formula is C23H26FN3O3. The van der Waals surface area contributed by atoms with Crippen LogP contribution in [0.1, 0.15) is 61.6 Å². The number of amides is 2. The molecule has 158 valence electrons. The zero-order valence-electron chi connectivity index (χ0n) is 17.5. The number of hydrogen-bond acceptors (Lipinski definition) is 4. The summed E-state index contributed by atoms with van der Waals surface area (Å²) in [7, 11) is 0. The van der Waals surface area contributed by atoms with Crippen molar-refractivity contribution in [2.75, 3.05) is 5.32 Å². The lowest BCUT2D eigenvalue weighted by atomic mass is 9.89. The highest BCUT2D eigenvalue weighted by molar-refractivity contribution is 6.04. The maximum atomic E-state index is 13.8. The van der Waals surface area contributed by atoms with Crippen molar-refractivity contribution in [3.8, 4) is 6.07 Å². The third-order valence-corrected chi connectivity index (χ3v) is 4.48. The Balaban J connectivity index is 2.17. The summed E-state index contributed by atoms with van der Waals surface area (Å²) in [5, 5.41) is 24.3. The van der Waals surface area contributed by atoms with Gasteiger partial charge < -0.3 is 15.7 Å².